The molecule has 2 unspecified atom stereocenters. The van der Waals surface area contributed by atoms with E-state index in [-0.39, 0.29) is 42.4 Å². The van der Waals surface area contributed by atoms with Crippen LogP contribution in [0.1, 0.15) is 45.8 Å². The molecule has 0 spiro atoms. The lowest BCUT2D eigenvalue weighted by Gasteiger charge is -2.47. The molecule has 0 saturated carbocycles. The Hall–Kier alpha value is -3.64. The van der Waals surface area contributed by atoms with Gasteiger partial charge in [-0.25, -0.2) is 4.79 Å². The molecule has 0 aromatic heterocycles. The first kappa shape index (κ1) is 23.7. The molecule has 37 heavy (non-hydrogen) atoms. The van der Waals surface area contributed by atoms with Crippen LogP contribution in [0.4, 0.5) is 4.79 Å². The van der Waals surface area contributed by atoms with E-state index in [9.17, 15) is 9.59 Å². The number of amides is 1. The summed E-state index contributed by atoms with van der Waals surface area (Å²) in [5.74, 6) is 0.667. The summed E-state index contributed by atoms with van der Waals surface area (Å²) in [5.41, 5.74) is 6.44. The number of carbonyl (C=O) groups excluding carboxylic acids is 2. The molecule has 3 aliphatic rings. The van der Waals surface area contributed by atoms with Crippen molar-refractivity contribution in [3.05, 3.63) is 89.0 Å². The number of Topliss-reactive ketones (excluding diaryl/α,β-unsaturated/α-hetero) is 1. The highest BCUT2D eigenvalue weighted by Crippen LogP contribution is 2.45. The summed E-state index contributed by atoms with van der Waals surface area (Å²) in [5, 5.41) is 0. The smallest absolute Gasteiger partial charge is 0.410 e. The van der Waals surface area contributed by atoms with Gasteiger partial charge in [0.05, 0.1) is 32.4 Å². The van der Waals surface area contributed by atoms with Gasteiger partial charge >= 0.3 is 6.09 Å². The maximum absolute atomic E-state index is 13.4. The number of ether oxygens (including phenoxy) is 3. The quantitative estimate of drug-likeness (QED) is 0.429. The largest absolute Gasteiger partial charge is 0.496 e. The van der Waals surface area contributed by atoms with Crippen molar-refractivity contribution < 1.29 is 23.8 Å². The van der Waals surface area contributed by atoms with Gasteiger partial charge in [-0.2, -0.15) is 0 Å². The Morgan fingerprint density at radius 1 is 0.919 bits per heavy atom. The number of fused-ring (bicyclic) bond motifs is 5. The fraction of sp³-hybridized carbons (Fsp3) is 0.355. The minimum absolute atomic E-state index is 0.0167. The fourth-order valence-electron chi connectivity index (χ4n) is 6.30. The minimum Gasteiger partial charge on any atom is -0.496 e. The Bertz CT molecular complexity index is 1290. The van der Waals surface area contributed by atoms with E-state index >= 15 is 0 Å². The third-order valence-corrected chi connectivity index (χ3v) is 8.13. The summed E-state index contributed by atoms with van der Waals surface area (Å²) in [7, 11) is 1.62. The number of piperidine rings is 1. The summed E-state index contributed by atoms with van der Waals surface area (Å²) >= 11 is 0. The number of ketones is 1. The molecule has 3 aromatic carbocycles. The lowest BCUT2D eigenvalue weighted by molar-refractivity contribution is -0.0747. The maximum atomic E-state index is 13.4. The molecule has 2 atom stereocenters. The van der Waals surface area contributed by atoms with E-state index in [1.807, 2.05) is 54.3 Å². The number of hydrogen-bond acceptors (Lipinski definition) is 5. The van der Waals surface area contributed by atoms with Crippen molar-refractivity contribution in [2.24, 2.45) is 5.92 Å². The Kier molecular flexibility index (Phi) is 6.21. The van der Waals surface area contributed by atoms with E-state index in [0.717, 1.165) is 5.56 Å². The molecule has 0 radical (unpaired) electrons. The van der Waals surface area contributed by atoms with Crippen molar-refractivity contribution in [3.63, 3.8) is 0 Å². The summed E-state index contributed by atoms with van der Waals surface area (Å²) in [6.45, 7) is 3.08. The average molecular weight is 498 g/mol. The number of morpholine rings is 1. The predicted octanol–water partition coefficient (Wildman–Crippen LogP) is 5.61. The highest BCUT2D eigenvalue weighted by atomic mass is 16.6. The number of nitrogens with zero attached hydrogens (tertiary/aromatic N) is 1. The SMILES string of the molecule is COc1cc(C(=O)C2CC3COCC(C2)N3C(=O)OCC2c3ccccc3-c3ccccc32)ccc1C. The average Bonchev–Trinajstić information content (AvgIpc) is 3.24. The van der Waals surface area contributed by atoms with Gasteiger partial charge in [0.15, 0.2) is 5.78 Å². The summed E-state index contributed by atoms with van der Waals surface area (Å²) < 4.78 is 17.2. The maximum Gasteiger partial charge on any atom is 0.410 e. The van der Waals surface area contributed by atoms with Crippen LogP contribution in [-0.2, 0) is 9.47 Å². The van der Waals surface area contributed by atoms with Crippen LogP contribution < -0.4 is 4.74 Å². The molecule has 2 saturated heterocycles. The number of hydrogen-bond donors (Lipinski definition) is 0. The molecule has 1 aliphatic carbocycles. The van der Waals surface area contributed by atoms with Gasteiger partial charge in [-0.1, -0.05) is 60.7 Å². The van der Waals surface area contributed by atoms with E-state index in [4.69, 9.17) is 14.2 Å². The minimum atomic E-state index is -0.317. The number of benzene rings is 3. The fourth-order valence-corrected chi connectivity index (χ4v) is 6.30. The normalized spacial score (nSPS) is 22.2. The molecule has 2 bridgehead atoms. The van der Waals surface area contributed by atoms with Crippen molar-refractivity contribution in [2.45, 2.75) is 37.8 Å². The Morgan fingerprint density at radius 3 is 2.16 bits per heavy atom. The summed E-state index contributed by atoms with van der Waals surface area (Å²) in [6.07, 6.45) is 0.814. The van der Waals surface area contributed by atoms with Gasteiger partial charge in [-0.15, -0.1) is 0 Å². The monoisotopic (exact) mass is 497 g/mol. The van der Waals surface area contributed by atoms with Gasteiger partial charge < -0.3 is 14.2 Å². The van der Waals surface area contributed by atoms with Crippen molar-refractivity contribution in [1.29, 1.82) is 0 Å². The Morgan fingerprint density at radius 2 is 1.54 bits per heavy atom. The van der Waals surface area contributed by atoms with E-state index in [0.29, 0.717) is 37.4 Å². The molecule has 6 nitrogen and oxygen atoms in total. The van der Waals surface area contributed by atoms with Gasteiger partial charge in [-0.05, 0) is 53.6 Å². The Labute approximate surface area is 217 Å². The van der Waals surface area contributed by atoms with Gasteiger partial charge in [-0.3, -0.25) is 9.69 Å². The van der Waals surface area contributed by atoms with E-state index < -0.39 is 0 Å². The van der Waals surface area contributed by atoms with E-state index in [2.05, 4.69) is 24.3 Å². The third kappa shape index (κ3) is 4.19. The van der Waals surface area contributed by atoms with Crippen molar-refractivity contribution in [2.75, 3.05) is 26.9 Å². The van der Waals surface area contributed by atoms with Crippen LogP contribution in [0.25, 0.3) is 11.1 Å². The molecule has 1 amide bonds. The van der Waals surface area contributed by atoms with E-state index in [1.54, 1.807) is 7.11 Å². The van der Waals surface area contributed by atoms with Crippen LogP contribution in [0.3, 0.4) is 0 Å². The molecule has 2 fully saturated rings. The molecular formula is C31H31NO5. The highest BCUT2D eigenvalue weighted by Gasteiger charge is 2.45. The lowest BCUT2D eigenvalue weighted by atomic mass is 9.80. The van der Waals surface area contributed by atoms with Gasteiger partial charge in [0, 0.05) is 17.4 Å². The summed E-state index contributed by atoms with van der Waals surface area (Å²) in [6, 6.07) is 21.9. The first-order valence-electron chi connectivity index (χ1n) is 12.9. The molecule has 6 heteroatoms. The van der Waals surface area contributed by atoms with E-state index in [1.165, 1.54) is 22.3 Å². The second kappa shape index (κ2) is 9.67. The second-order valence-corrected chi connectivity index (χ2v) is 10.3. The number of methoxy groups -OCH3 is 1. The third-order valence-electron chi connectivity index (χ3n) is 8.13. The standard InChI is InChI=1S/C31H31NO5/c1-19-11-12-20(15-29(19)35-2)30(33)21-13-22-16-36-17-23(14-21)32(22)31(34)37-18-28-26-9-5-3-7-24(26)25-8-4-6-10-27(25)28/h3-12,15,21-23,28H,13-14,16-18H2,1-2H3. The Balaban J connectivity index is 1.16. The first-order valence-corrected chi connectivity index (χ1v) is 12.9. The van der Waals surface area contributed by atoms with Crippen LogP contribution in [0.15, 0.2) is 66.7 Å². The van der Waals surface area contributed by atoms with Crippen molar-refractivity contribution in [1.82, 2.24) is 4.90 Å². The highest BCUT2D eigenvalue weighted by molar-refractivity contribution is 5.98. The molecule has 190 valence electrons. The van der Waals surface area contributed by atoms with Crippen molar-refractivity contribution >= 4 is 11.9 Å². The van der Waals surface area contributed by atoms with Gasteiger partial charge in [0.25, 0.3) is 0 Å². The first-order chi connectivity index (χ1) is 18.0. The molecule has 2 aliphatic heterocycles. The predicted molar refractivity (Wildman–Crippen MR) is 140 cm³/mol. The van der Waals surface area contributed by atoms with Crippen LogP contribution in [0.2, 0.25) is 0 Å². The van der Waals surface area contributed by atoms with Crippen LogP contribution >= 0.6 is 0 Å². The zero-order valence-electron chi connectivity index (χ0n) is 21.2. The molecule has 2 heterocycles. The second-order valence-electron chi connectivity index (χ2n) is 10.3. The van der Waals surface area contributed by atoms with Crippen molar-refractivity contribution in [3.8, 4) is 16.9 Å². The van der Waals surface area contributed by atoms with Gasteiger partial charge in [0.2, 0.25) is 0 Å². The number of aryl methyl sites for hydroxylation is 1. The van der Waals surface area contributed by atoms with Crippen LogP contribution in [-0.4, -0.2) is 55.8 Å². The van der Waals surface area contributed by atoms with Crippen LogP contribution in [0, 0.1) is 12.8 Å². The number of carbonyl (C=O) groups is 2. The zero-order valence-corrected chi connectivity index (χ0v) is 21.2. The summed E-state index contributed by atoms with van der Waals surface area (Å²) in [4.78, 5) is 28.6. The molecule has 3 aromatic rings. The van der Waals surface area contributed by atoms with Crippen LogP contribution in [0.5, 0.6) is 5.75 Å². The lowest BCUT2D eigenvalue weighted by Crippen LogP contribution is -2.60. The van der Waals surface area contributed by atoms with Gasteiger partial charge in [0.1, 0.15) is 12.4 Å². The topological polar surface area (TPSA) is 65.1 Å². The molecule has 6 rings (SSSR count). The zero-order chi connectivity index (χ0) is 25.5. The molecular weight excluding hydrogens is 466 g/mol. The molecule has 0 N–H and O–H groups in total. The number of rotatable bonds is 5.